The molecule has 0 aliphatic carbocycles. The van der Waals surface area contributed by atoms with Crippen molar-refractivity contribution < 1.29 is 89.4 Å². The third kappa shape index (κ3) is 38.8. The van der Waals surface area contributed by atoms with Crippen LogP contribution >= 0.6 is 0 Å². The average Bonchev–Trinajstić information content (AvgIpc) is 0.787. The molecule has 3 heterocycles. The van der Waals surface area contributed by atoms with Crippen molar-refractivity contribution in [2.45, 2.75) is 426 Å². The number of hydrogen-bond acceptors (Lipinski definition) is 18. The van der Waals surface area contributed by atoms with Gasteiger partial charge in [-0.3, -0.25) is 4.79 Å². The van der Waals surface area contributed by atoms with Crippen molar-refractivity contribution >= 4 is 5.91 Å². The third-order valence-electron chi connectivity index (χ3n) is 19.7. The normalized spacial score (nSPS) is 27.3. The average molecular weight is 1360 g/mol. The molecule has 3 fully saturated rings. The minimum absolute atomic E-state index is 0.241. The number of amides is 1. The first-order valence-electron chi connectivity index (χ1n) is 39.1. The molecule has 3 aliphatic rings. The van der Waals surface area contributed by atoms with Crippen LogP contribution in [0.3, 0.4) is 0 Å². The molecule has 12 N–H and O–H groups in total. The Kier molecular flexibility index (Phi) is 53.3. The van der Waals surface area contributed by atoms with E-state index in [1.54, 1.807) is 6.08 Å². The topological polar surface area (TPSA) is 307 Å². The highest BCUT2D eigenvalue weighted by molar-refractivity contribution is 5.76. The van der Waals surface area contributed by atoms with Crippen LogP contribution in [0.25, 0.3) is 0 Å². The van der Waals surface area contributed by atoms with Crippen LogP contribution < -0.4 is 5.32 Å². The van der Waals surface area contributed by atoms with Crippen molar-refractivity contribution in [3.8, 4) is 0 Å². The molecule has 17 unspecified atom stereocenters. The Hall–Kier alpha value is -1.73. The summed E-state index contributed by atoms with van der Waals surface area (Å²) in [6.45, 7) is 1.77. The number of hydrogen-bond donors (Lipinski definition) is 12. The lowest BCUT2D eigenvalue weighted by atomic mass is 9.96. The van der Waals surface area contributed by atoms with Gasteiger partial charge in [-0.25, -0.2) is 0 Å². The maximum Gasteiger partial charge on any atom is 0.220 e. The predicted octanol–water partition coefficient (Wildman–Crippen LogP) is 12.2. The third-order valence-corrected chi connectivity index (χ3v) is 19.7. The van der Waals surface area contributed by atoms with Gasteiger partial charge in [-0.2, -0.15) is 0 Å². The second kappa shape index (κ2) is 57.8. The number of aliphatic hydroxyl groups excluding tert-OH is 11. The quantitative estimate of drug-likeness (QED) is 0.0199. The van der Waals surface area contributed by atoms with Gasteiger partial charge >= 0.3 is 0 Å². The summed E-state index contributed by atoms with van der Waals surface area (Å²) < 4.78 is 34.4. The molecule has 95 heavy (non-hydrogen) atoms. The molecular formula is C76H143NO18. The summed E-state index contributed by atoms with van der Waals surface area (Å²) in [6, 6.07) is -0.975. The first-order valence-corrected chi connectivity index (χ1v) is 39.1. The van der Waals surface area contributed by atoms with Gasteiger partial charge in [0.15, 0.2) is 18.9 Å². The van der Waals surface area contributed by atoms with E-state index in [1.165, 1.54) is 238 Å². The molecule has 0 spiro atoms. The van der Waals surface area contributed by atoms with Gasteiger partial charge in [-0.05, 0) is 44.9 Å². The van der Waals surface area contributed by atoms with E-state index in [0.29, 0.717) is 6.42 Å². The Labute approximate surface area is 575 Å². The molecule has 1 amide bonds. The van der Waals surface area contributed by atoms with Crippen LogP contribution in [0.2, 0.25) is 0 Å². The van der Waals surface area contributed by atoms with E-state index < -0.39 is 124 Å². The van der Waals surface area contributed by atoms with E-state index in [2.05, 4.69) is 31.3 Å². The summed E-state index contributed by atoms with van der Waals surface area (Å²) >= 11 is 0. The highest BCUT2D eigenvalue weighted by Gasteiger charge is 2.53. The molecule has 0 saturated carbocycles. The molecule has 560 valence electrons. The Morgan fingerprint density at radius 2 is 0.663 bits per heavy atom. The van der Waals surface area contributed by atoms with Crippen LogP contribution in [-0.2, 0) is 33.2 Å². The Bertz CT molecular complexity index is 1810. The zero-order chi connectivity index (χ0) is 68.9. The minimum Gasteiger partial charge on any atom is -0.394 e. The number of ether oxygens (including phenoxy) is 6. The summed E-state index contributed by atoms with van der Waals surface area (Å²) in [6.07, 6.45) is 41.7. The molecule has 3 aliphatic heterocycles. The molecule has 0 radical (unpaired) electrons. The van der Waals surface area contributed by atoms with Crippen molar-refractivity contribution in [1.29, 1.82) is 0 Å². The molecule has 0 aromatic heterocycles. The van der Waals surface area contributed by atoms with Crippen molar-refractivity contribution in [1.82, 2.24) is 5.32 Å². The van der Waals surface area contributed by atoms with Gasteiger partial charge in [-0.1, -0.05) is 295 Å². The largest absolute Gasteiger partial charge is 0.394 e. The summed E-state index contributed by atoms with van der Waals surface area (Å²) in [5.74, 6) is -0.276. The predicted molar refractivity (Wildman–Crippen MR) is 374 cm³/mol. The van der Waals surface area contributed by atoms with Gasteiger partial charge in [0.25, 0.3) is 0 Å². The fourth-order valence-corrected chi connectivity index (χ4v) is 13.4. The monoisotopic (exact) mass is 1360 g/mol. The van der Waals surface area contributed by atoms with E-state index in [-0.39, 0.29) is 18.9 Å². The van der Waals surface area contributed by atoms with E-state index in [1.807, 2.05) is 6.08 Å². The summed E-state index contributed by atoms with van der Waals surface area (Å²) in [5.41, 5.74) is 0. The molecular weight excluding hydrogens is 1210 g/mol. The maximum atomic E-state index is 13.4. The van der Waals surface area contributed by atoms with E-state index in [0.717, 1.165) is 57.8 Å². The summed E-state index contributed by atoms with van der Waals surface area (Å²) in [4.78, 5) is 13.4. The first-order chi connectivity index (χ1) is 46.3. The SMILES string of the molecule is CCCCCCCCC/C=C\CCCCCCCCCC(=O)NC(COC1OC(CO)C(OC2OC(CO)C(OC3OC(CO)C(O)C(O)C3O)C(O)C2O)C(O)C1O)C(O)/C=C/CCCCCCCCCCCCCCCCCCCCCCCCCCCCCCCC. The van der Waals surface area contributed by atoms with Crippen molar-refractivity contribution in [2.24, 2.45) is 0 Å². The van der Waals surface area contributed by atoms with Crippen molar-refractivity contribution in [3.63, 3.8) is 0 Å². The van der Waals surface area contributed by atoms with Crippen LogP contribution in [0.5, 0.6) is 0 Å². The molecule has 0 aromatic rings. The van der Waals surface area contributed by atoms with Gasteiger partial charge < -0.3 is 89.9 Å². The molecule has 17 atom stereocenters. The number of carbonyl (C=O) groups is 1. The van der Waals surface area contributed by atoms with Gasteiger partial charge in [0.1, 0.15) is 73.2 Å². The Morgan fingerprint density at radius 1 is 0.368 bits per heavy atom. The van der Waals surface area contributed by atoms with E-state index in [9.17, 15) is 61.0 Å². The number of nitrogens with one attached hydrogen (secondary N) is 1. The fraction of sp³-hybridized carbons (Fsp3) is 0.934. The molecule has 19 nitrogen and oxygen atoms in total. The highest BCUT2D eigenvalue weighted by Crippen LogP contribution is 2.33. The lowest BCUT2D eigenvalue weighted by Gasteiger charge is -2.48. The lowest BCUT2D eigenvalue weighted by Crippen LogP contribution is -2.66. The van der Waals surface area contributed by atoms with Crippen LogP contribution in [0.15, 0.2) is 24.3 Å². The van der Waals surface area contributed by atoms with Gasteiger partial charge in [0.2, 0.25) is 5.91 Å². The zero-order valence-electron chi connectivity index (χ0n) is 59.7. The van der Waals surface area contributed by atoms with Gasteiger partial charge in [-0.15, -0.1) is 0 Å². The second-order valence-electron chi connectivity index (χ2n) is 28.2. The van der Waals surface area contributed by atoms with Crippen molar-refractivity contribution in [2.75, 3.05) is 26.4 Å². The number of allylic oxidation sites excluding steroid dienone is 3. The molecule has 0 bridgehead atoms. The highest BCUT2D eigenvalue weighted by atomic mass is 16.8. The summed E-state index contributed by atoms with van der Waals surface area (Å²) in [7, 11) is 0. The van der Waals surface area contributed by atoms with Crippen LogP contribution in [0.4, 0.5) is 0 Å². The van der Waals surface area contributed by atoms with Gasteiger partial charge in [0.05, 0.1) is 38.6 Å². The Morgan fingerprint density at radius 3 is 1.02 bits per heavy atom. The molecule has 3 saturated heterocycles. The minimum atomic E-state index is -1.98. The molecule has 0 aromatic carbocycles. The van der Waals surface area contributed by atoms with E-state index in [4.69, 9.17) is 28.4 Å². The molecule has 19 heteroatoms. The maximum absolute atomic E-state index is 13.4. The zero-order valence-corrected chi connectivity index (χ0v) is 59.7. The Balaban J connectivity index is 1.37. The van der Waals surface area contributed by atoms with Crippen molar-refractivity contribution in [3.05, 3.63) is 24.3 Å². The number of aliphatic hydroxyl groups is 11. The smallest absolute Gasteiger partial charge is 0.220 e. The second-order valence-corrected chi connectivity index (χ2v) is 28.2. The summed E-state index contributed by atoms with van der Waals surface area (Å²) in [5, 5.41) is 121. The first kappa shape index (κ1) is 87.5. The number of rotatable bonds is 62. The van der Waals surface area contributed by atoms with Crippen LogP contribution in [0.1, 0.15) is 322 Å². The fourth-order valence-electron chi connectivity index (χ4n) is 13.4. The standard InChI is InChI=1S/C76H143NO18/c1-3-5-7-9-11-13-15-17-19-21-23-24-25-26-27-28-29-30-31-32-33-34-35-36-37-39-41-43-45-47-49-51-53-60(81)59(77-64(82)54-52-50-48-46-44-42-40-38-22-20-18-16-14-12-10-8-6-4-2)58-90-74-70(88)67(85)72(62(56-79)92-74)95-76-71(89)68(86)73(63(57-80)93-76)94-75-69(87)66(84)65(83)61(55-78)91-75/h20,22,51,53,59-63,65-76,78-81,83-89H,3-19,21,23-50,52,54-58H2,1-2H3,(H,77,82)/b22-20-,53-51+. The number of unbranched alkanes of at least 4 members (excludes halogenated alkanes) is 44. The van der Waals surface area contributed by atoms with Gasteiger partial charge in [0, 0.05) is 6.42 Å². The van der Waals surface area contributed by atoms with E-state index >= 15 is 0 Å². The molecule has 3 rings (SSSR count). The van der Waals surface area contributed by atoms with Crippen LogP contribution in [-0.4, -0.2) is 193 Å². The number of carbonyl (C=O) groups excluding carboxylic acids is 1. The lowest BCUT2D eigenvalue weighted by molar-refractivity contribution is -0.379. The van der Waals surface area contributed by atoms with Crippen LogP contribution in [0, 0.1) is 0 Å².